The largest absolute Gasteiger partial charge is 0.465 e. The Bertz CT molecular complexity index is 384. The molecule has 0 saturated heterocycles. The van der Waals surface area contributed by atoms with Gasteiger partial charge in [-0.3, -0.25) is 4.79 Å². The van der Waals surface area contributed by atoms with E-state index in [1.54, 1.807) is 19.1 Å². The van der Waals surface area contributed by atoms with E-state index in [4.69, 9.17) is 22.1 Å². The summed E-state index contributed by atoms with van der Waals surface area (Å²) in [6.45, 7) is 1.94. The van der Waals surface area contributed by atoms with Crippen molar-refractivity contribution in [2.45, 2.75) is 19.4 Å². The van der Waals surface area contributed by atoms with Gasteiger partial charge in [-0.1, -0.05) is 23.7 Å². The normalized spacial score (nSPS) is 12.2. The number of halogens is 2. The maximum atomic E-state index is 13.5. The number of benzene rings is 1. The van der Waals surface area contributed by atoms with Gasteiger partial charge in [0.15, 0.2) is 0 Å². The quantitative estimate of drug-likeness (QED) is 0.825. The Morgan fingerprint density at radius 2 is 2.31 bits per heavy atom. The van der Waals surface area contributed by atoms with Crippen molar-refractivity contribution in [3.63, 3.8) is 0 Å². The molecule has 0 bridgehead atoms. The first kappa shape index (κ1) is 12.9. The van der Waals surface area contributed by atoms with Gasteiger partial charge in [-0.05, 0) is 18.6 Å². The molecule has 0 spiro atoms. The Labute approximate surface area is 98.3 Å². The topological polar surface area (TPSA) is 52.3 Å². The summed E-state index contributed by atoms with van der Waals surface area (Å²) in [5.74, 6) is -1.08. The molecule has 0 aliphatic carbocycles. The molecule has 0 radical (unpaired) electrons. The van der Waals surface area contributed by atoms with Crippen molar-refractivity contribution in [2.24, 2.45) is 5.73 Å². The summed E-state index contributed by atoms with van der Waals surface area (Å²) in [5, 5.41) is 0.0218. The number of carbonyl (C=O) groups excluding carboxylic acids is 1. The molecule has 1 unspecified atom stereocenters. The van der Waals surface area contributed by atoms with Gasteiger partial charge in [-0.2, -0.15) is 0 Å². The van der Waals surface area contributed by atoms with Gasteiger partial charge in [0, 0.05) is 6.42 Å². The fraction of sp³-hybridized carbons (Fsp3) is 0.364. The minimum Gasteiger partial charge on any atom is -0.465 e. The van der Waals surface area contributed by atoms with Crippen molar-refractivity contribution in [3.05, 3.63) is 34.6 Å². The fourth-order valence-electron chi connectivity index (χ4n) is 1.28. The number of rotatable bonds is 4. The number of esters is 1. The van der Waals surface area contributed by atoms with Crippen LogP contribution in [0.25, 0.3) is 0 Å². The van der Waals surface area contributed by atoms with Crippen molar-refractivity contribution in [3.8, 4) is 0 Å². The number of ether oxygens (including phenoxy) is 1. The van der Waals surface area contributed by atoms with Crippen LogP contribution >= 0.6 is 11.6 Å². The lowest BCUT2D eigenvalue weighted by Crippen LogP contribution is -2.34. The lowest BCUT2D eigenvalue weighted by molar-refractivity contribution is -0.144. The van der Waals surface area contributed by atoms with Gasteiger partial charge in [-0.15, -0.1) is 0 Å². The summed E-state index contributed by atoms with van der Waals surface area (Å²) >= 11 is 5.61. The molecular formula is C11H13ClFNO2. The van der Waals surface area contributed by atoms with Gasteiger partial charge in [0.25, 0.3) is 0 Å². The molecule has 88 valence electrons. The summed E-state index contributed by atoms with van der Waals surface area (Å²) in [7, 11) is 0. The average molecular weight is 246 g/mol. The Morgan fingerprint density at radius 3 is 2.94 bits per heavy atom. The van der Waals surface area contributed by atoms with E-state index in [2.05, 4.69) is 0 Å². The van der Waals surface area contributed by atoms with Crippen LogP contribution < -0.4 is 5.73 Å². The van der Waals surface area contributed by atoms with Gasteiger partial charge in [0.1, 0.15) is 11.9 Å². The minimum absolute atomic E-state index is 0.0218. The molecule has 0 heterocycles. The van der Waals surface area contributed by atoms with E-state index >= 15 is 0 Å². The van der Waals surface area contributed by atoms with Gasteiger partial charge >= 0.3 is 5.97 Å². The third-order valence-corrected chi connectivity index (χ3v) is 2.35. The number of hydrogen-bond acceptors (Lipinski definition) is 3. The molecule has 0 amide bonds. The first-order chi connectivity index (χ1) is 7.56. The number of hydrogen-bond donors (Lipinski definition) is 1. The van der Waals surface area contributed by atoms with Gasteiger partial charge in [0.05, 0.1) is 11.6 Å². The van der Waals surface area contributed by atoms with Crippen LogP contribution in [0, 0.1) is 5.82 Å². The highest BCUT2D eigenvalue weighted by Crippen LogP contribution is 2.18. The Balaban J connectivity index is 2.73. The molecule has 0 aromatic heterocycles. The summed E-state index contributed by atoms with van der Waals surface area (Å²) in [6, 6.07) is 3.72. The van der Waals surface area contributed by atoms with Crippen LogP contribution in [0.5, 0.6) is 0 Å². The summed E-state index contributed by atoms with van der Waals surface area (Å²) in [4.78, 5) is 11.2. The standard InChI is InChI=1S/C11H13ClFNO2/c1-2-16-11(15)9(14)6-7-4-3-5-8(12)10(7)13/h3-5,9H,2,6,14H2,1H3. The van der Waals surface area contributed by atoms with Crippen LogP contribution in [0.3, 0.4) is 0 Å². The molecule has 0 saturated carbocycles. The second kappa shape index (κ2) is 5.82. The van der Waals surface area contributed by atoms with E-state index in [0.29, 0.717) is 5.56 Å². The predicted molar refractivity (Wildman–Crippen MR) is 59.7 cm³/mol. The zero-order valence-corrected chi connectivity index (χ0v) is 9.63. The number of carbonyl (C=O) groups is 1. The third-order valence-electron chi connectivity index (χ3n) is 2.06. The lowest BCUT2D eigenvalue weighted by atomic mass is 10.1. The van der Waals surface area contributed by atoms with E-state index in [1.807, 2.05) is 0 Å². The van der Waals surface area contributed by atoms with E-state index in [0.717, 1.165) is 0 Å². The second-order valence-electron chi connectivity index (χ2n) is 3.28. The third kappa shape index (κ3) is 3.18. The van der Waals surface area contributed by atoms with E-state index in [-0.39, 0.29) is 18.1 Å². The zero-order chi connectivity index (χ0) is 12.1. The van der Waals surface area contributed by atoms with E-state index < -0.39 is 17.8 Å². The Kier molecular flexibility index (Phi) is 4.71. The van der Waals surface area contributed by atoms with Crippen LogP contribution in [0.15, 0.2) is 18.2 Å². The molecule has 0 aliphatic rings. The number of nitrogens with two attached hydrogens (primary N) is 1. The first-order valence-electron chi connectivity index (χ1n) is 4.91. The summed E-state index contributed by atoms with van der Waals surface area (Å²) in [6.07, 6.45) is 0.0746. The highest BCUT2D eigenvalue weighted by atomic mass is 35.5. The van der Waals surface area contributed by atoms with E-state index in [9.17, 15) is 9.18 Å². The van der Waals surface area contributed by atoms with Gasteiger partial charge in [-0.25, -0.2) is 4.39 Å². The molecule has 1 rings (SSSR count). The smallest absolute Gasteiger partial charge is 0.323 e. The molecule has 1 atom stereocenters. The maximum absolute atomic E-state index is 13.5. The fourth-order valence-corrected chi connectivity index (χ4v) is 1.47. The SMILES string of the molecule is CCOC(=O)C(N)Cc1cccc(Cl)c1F. The van der Waals surface area contributed by atoms with Crippen molar-refractivity contribution in [1.82, 2.24) is 0 Å². The first-order valence-corrected chi connectivity index (χ1v) is 5.29. The molecule has 3 nitrogen and oxygen atoms in total. The van der Waals surface area contributed by atoms with Crippen molar-refractivity contribution < 1.29 is 13.9 Å². The van der Waals surface area contributed by atoms with E-state index in [1.165, 1.54) is 6.07 Å². The average Bonchev–Trinajstić information content (AvgIpc) is 2.25. The highest BCUT2D eigenvalue weighted by molar-refractivity contribution is 6.30. The monoisotopic (exact) mass is 245 g/mol. The zero-order valence-electron chi connectivity index (χ0n) is 8.87. The molecule has 1 aromatic carbocycles. The lowest BCUT2D eigenvalue weighted by Gasteiger charge is -2.11. The Hall–Kier alpha value is -1.13. The predicted octanol–water partition coefficient (Wildman–Crippen LogP) is 1.91. The molecule has 0 aliphatic heterocycles. The van der Waals surface area contributed by atoms with Gasteiger partial charge < -0.3 is 10.5 Å². The highest BCUT2D eigenvalue weighted by Gasteiger charge is 2.17. The van der Waals surface area contributed by atoms with Crippen LogP contribution in [-0.4, -0.2) is 18.6 Å². The van der Waals surface area contributed by atoms with Crippen molar-refractivity contribution in [1.29, 1.82) is 0 Å². The van der Waals surface area contributed by atoms with Crippen LogP contribution in [0.2, 0.25) is 5.02 Å². The van der Waals surface area contributed by atoms with Crippen molar-refractivity contribution >= 4 is 17.6 Å². The minimum atomic E-state index is -0.868. The summed E-state index contributed by atoms with van der Waals surface area (Å²) < 4.78 is 18.2. The Morgan fingerprint density at radius 1 is 1.62 bits per heavy atom. The second-order valence-corrected chi connectivity index (χ2v) is 3.68. The molecule has 2 N–H and O–H groups in total. The van der Waals surface area contributed by atoms with Crippen LogP contribution in [0.1, 0.15) is 12.5 Å². The molecule has 0 fully saturated rings. The molecular weight excluding hydrogens is 233 g/mol. The maximum Gasteiger partial charge on any atom is 0.323 e. The van der Waals surface area contributed by atoms with Crippen LogP contribution in [-0.2, 0) is 16.0 Å². The molecule has 16 heavy (non-hydrogen) atoms. The molecule has 1 aromatic rings. The van der Waals surface area contributed by atoms with Gasteiger partial charge in [0.2, 0.25) is 0 Å². The summed E-state index contributed by atoms with van der Waals surface area (Å²) in [5.41, 5.74) is 5.88. The van der Waals surface area contributed by atoms with Crippen molar-refractivity contribution in [2.75, 3.05) is 6.61 Å². The van der Waals surface area contributed by atoms with Crippen LogP contribution in [0.4, 0.5) is 4.39 Å². The molecule has 5 heteroatoms.